The first-order valence-corrected chi connectivity index (χ1v) is 6.10. The van der Waals surface area contributed by atoms with Gasteiger partial charge in [0.2, 0.25) is 0 Å². The van der Waals surface area contributed by atoms with Gasteiger partial charge in [-0.15, -0.1) is 5.10 Å². The molecule has 1 aromatic heterocycles. The molecular formula is C12H13N3S. The molecule has 3 rings (SSSR count). The highest BCUT2D eigenvalue weighted by molar-refractivity contribution is 7.71. The Morgan fingerprint density at radius 2 is 2.06 bits per heavy atom. The summed E-state index contributed by atoms with van der Waals surface area (Å²) in [6, 6.07) is 6.43. The number of aromatic nitrogens is 3. The Balaban J connectivity index is 2.14. The lowest BCUT2D eigenvalue weighted by atomic mass is 9.97. The molecule has 2 aromatic rings. The van der Waals surface area contributed by atoms with Crippen LogP contribution in [0.1, 0.15) is 37.2 Å². The van der Waals surface area contributed by atoms with Crippen molar-refractivity contribution in [3.63, 3.8) is 0 Å². The first-order chi connectivity index (χ1) is 7.84. The number of fused-ring (bicyclic) bond motifs is 1. The molecule has 82 valence electrons. The average molecular weight is 231 g/mol. The molecule has 1 aliphatic rings. The molecule has 0 spiro atoms. The van der Waals surface area contributed by atoms with E-state index in [0.717, 1.165) is 10.9 Å². The number of benzene rings is 1. The second kappa shape index (κ2) is 3.94. The second-order valence-corrected chi connectivity index (χ2v) is 4.79. The molecule has 1 N–H and O–H groups in total. The van der Waals surface area contributed by atoms with Crippen molar-refractivity contribution in [1.82, 2.24) is 15.4 Å². The van der Waals surface area contributed by atoms with Gasteiger partial charge in [0.05, 0.1) is 5.52 Å². The molecular weight excluding hydrogens is 218 g/mol. The molecule has 1 aliphatic carbocycles. The lowest BCUT2D eigenvalue weighted by Crippen LogP contribution is -1.94. The number of hydrogen-bond acceptors (Lipinski definition) is 3. The highest BCUT2D eigenvalue weighted by Gasteiger charge is 2.17. The summed E-state index contributed by atoms with van der Waals surface area (Å²) in [5.41, 5.74) is 2.37. The van der Waals surface area contributed by atoms with Crippen molar-refractivity contribution < 1.29 is 0 Å². The topological polar surface area (TPSA) is 41.6 Å². The summed E-state index contributed by atoms with van der Waals surface area (Å²) in [6.45, 7) is 0. The van der Waals surface area contributed by atoms with Gasteiger partial charge in [-0.3, -0.25) is 5.10 Å². The number of rotatable bonds is 1. The van der Waals surface area contributed by atoms with Crippen LogP contribution in [0.25, 0.3) is 10.9 Å². The van der Waals surface area contributed by atoms with Gasteiger partial charge in [0.25, 0.3) is 0 Å². The van der Waals surface area contributed by atoms with Gasteiger partial charge in [0.15, 0.2) is 4.64 Å². The quantitative estimate of drug-likeness (QED) is 0.765. The van der Waals surface area contributed by atoms with Crippen LogP contribution in [0.15, 0.2) is 18.2 Å². The van der Waals surface area contributed by atoms with Crippen LogP contribution in [0.3, 0.4) is 0 Å². The van der Waals surface area contributed by atoms with Gasteiger partial charge in [-0.05, 0) is 36.5 Å². The van der Waals surface area contributed by atoms with Gasteiger partial charge < -0.3 is 0 Å². The molecule has 0 amide bonds. The zero-order valence-corrected chi connectivity index (χ0v) is 9.76. The molecule has 1 heterocycles. The maximum Gasteiger partial charge on any atom is 0.159 e. The van der Waals surface area contributed by atoms with Crippen LogP contribution in [0.2, 0.25) is 0 Å². The summed E-state index contributed by atoms with van der Waals surface area (Å²) < 4.78 is 0.591. The van der Waals surface area contributed by atoms with E-state index in [2.05, 4.69) is 33.6 Å². The third-order valence-corrected chi connectivity index (χ3v) is 3.71. The van der Waals surface area contributed by atoms with Crippen molar-refractivity contribution >= 4 is 23.1 Å². The first-order valence-electron chi connectivity index (χ1n) is 5.69. The van der Waals surface area contributed by atoms with E-state index in [9.17, 15) is 0 Å². The van der Waals surface area contributed by atoms with Gasteiger partial charge >= 0.3 is 0 Å². The molecule has 4 heteroatoms. The normalized spacial score (nSPS) is 17.0. The summed E-state index contributed by atoms with van der Waals surface area (Å²) in [5.74, 6) is 0.715. The predicted octanol–water partition coefficient (Wildman–Crippen LogP) is 3.34. The lowest BCUT2D eigenvalue weighted by Gasteiger charge is -2.09. The predicted molar refractivity (Wildman–Crippen MR) is 65.9 cm³/mol. The SMILES string of the molecule is S=c1nn[nH]c2ccc(C3CCCC3)cc12. The fourth-order valence-electron chi connectivity index (χ4n) is 2.53. The summed E-state index contributed by atoms with van der Waals surface area (Å²) in [4.78, 5) is 0. The largest absolute Gasteiger partial charge is 0.259 e. The van der Waals surface area contributed by atoms with Crippen molar-refractivity contribution in [2.45, 2.75) is 31.6 Å². The van der Waals surface area contributed by atoms with Crippen molar-refractivity contribution in [2.75, 3.05) is 0 Å². The smallest absolute Gasteiger partial charge is 0.159 e. The van der Waals surface area contributed by atoms with E-state index < -0.39 is 0 Å². The monoisotopic (exact) mass is 231 g/mol. The minimum Gasteiger partial charge on any atom is -0.259 e. The number of hydrogen-bond donors (Lipinski definition) is 1. The van der Waals surface area contributed by atoms with Crippen LogP contribution in [0.5, 0.6) is 0 Å². The Morgan fingerprint density at radius 1 is 1.25 bits per heavy atom. The highest BCUT2D eigenvalue weighted by Crippen LogP contribution is 2.34. The molecule has 0 atom stereocenters. The fourth-order valence-corrected chi connectivity index (χ4v) is 2.74. The van der Waals surface area contributed by atoms with Crippen molar-refractivity contribution in [1.29, 1.82) is 0 Å². The zero-order valence-electron chi connectivity index (χ0n) is 8.94. The van der Waals surface area contributed by atoms with E-state index in [0.29, 0.717) is 10.6 Å². The van der Waals surface area contributed by atoms with Gasteiger partial charge in [-0.25, -0.2) is 0 Å². The minimum absolute atomic E-state index is 0.591. The zero-order chi connectivity index (χ0) is 11.0. The second-order valence-electron chi connectivity index (χ2n) is 4.40. The number of nitrogens with one attached hydrogen (secondary N) is 1. The Morgan fingerprint density at radius 3 is 2.88 bits per heavy atom. The van der Waals surface area contributed by atoms with Gasteiger partial charge in [-0.1, -0.05) is 36.3 Å². The van der Waals surface area contributed by atoms with E-state index in [-0.39, 0.29) is 0 Å². The highest BCUT2D eigenvalue weighted by atomic mass is 32.1. The third-order valence-electron chi connectivity index (χ3n) is 3.41. The number of H-pyrrole nitrogens is 1. The molecule has 0 radical (unpaired) electrons. The standard InChI is InChI=1S/C12H13N3S/c16-12-10-7-9(8-3-1-2-4-8)5-6-11(10)13-15-14-12/h5-8H,1-4H2,(H,13,14,16). The number of nitrogens with zero attached hydrogens (tertiary/aromatic N) is 2. The van der Waals surface area contributed by atoms with E-state index in [1.165, 1.54) is 31.2 Å². The molecule has 1 fully saturated rings. The van der Waals surface area contributed by atoms with E-state index in [1.54, 1.807) is 0 Å². The van der Waals surface area contributed by atoms with Crippen LogP contribution in [-0.4, -0.2) is 15.4 Å². The van der Waals surface area contributed by atoms with E-state index >= 15 is 0 Å². The van der Waals surface area contributed by atoms with Crippen molar-refractivity contribution in [2.24, 2.45) is 0 Å². The van der Waals surface area contributed by atoms with Crippen molar-refractivity contribution in [3.05, 3.63) is 28.4 Å². The molecule has 16 heavy (non-hydrogen) atoms. The average Bonchev–Trinajstić information content (AvgIpc) is 2.83. The molecule has 0 unspecified atom stereocenters. The fraction of sp³-hybridized carbons (Fsp3) is 0.417. The first kappa shape index (κ1) is 9.90. The maximum absolute atomic E-state index is 5.19. The van der Waals surface area contributed by atoms with Crippen LogP contribution < -0.4 is 0 Å². The Hall–Kier alpha value is -1.29. The summed E-state index contributed by atoms with van der Waals surface area (Å²) >= 11 is 5.19. The Kier molecular flexibility index (Phi) is 2.44. The summed E-state index contributed by atoms with van der Waals surface area (Å²) in [5, 5.41) is 11.5. The molecule has 1 saturated carbocycles. The van der Waals surface area contributed by atoms with Crippen LogP contribution in [-0.2, 0) is 0 Å². The molecule has 0 aliphatic heterocycles. The van der Waals surface area contributed by atoms with Crippen LogP contribution >= 0.6 is 12.2 Å². The number of aromatic amines is 1. The van der Waals surface area contributed by atoms with Crippen LogP contribution in [0.4, 0.5) is 0 Å². The van der Waals surface area contributed by atoms with Crippen molar-refractivity contribution in [3.8, 4) is 0 Å². The van der Waals surface area contributed by atoms with Gasteiger partial charge in [0.1, 0.15) is 0 Å². The minimum atomic E-state index is 0.591. The molecule has 0 saturated heterocycles. The Labute approximate surface area is 98.9 Å². The molecule has 0 bridgehead atoms. The summed E-state index contributed by atoms with van der Waals surface area (Å²) in [6.07, 6.45) is 5.31. The van der Waals surface area contributed by atoms with E-state index in [1.807, 2.05) is 0 Å². The van der Waals surface area contributed by atoms with E-state index in [4.69, 9.17) is 12.2 Å². The van der Waals surface area contributed by atoms with Gasteiger partial charge in [0, 0.05) is 5.39 Å². The molecule has 1 aromatic carbocycles. The lowest BCUT2D eigenvalue weighted by molar-refractivity contribution is 0.724. The Bertz CT molecular complexity index is 570. The third kappa shape index (κ3) is 1.63. The maximum atomic E-state index is 5.19. The molecule has 3 nitrogen and oxygen atoms in total. The van der Waals surface area contributed by atoms with Crippen LogP contribution in [0, 0.1) is 4.64 Å². The summed E-state index contributed by atoms with van der Waals surface area (Å²) in [7, 11) is 0. The van der Waals surface area contributed by atoms with Gasteiger partial charge in [-0.2, -0.15) is 0 Å².